The summed E-state index contributed by atoms with van der Waals surface area (Å²) >= 11 is 1.81. The lowest BCUT2D eigenvalue weighted by Gasteiger charge is -2.16. The maximum atomic E-state index is 4.67. The Bertz CT molecular complexity index is 421. The molecule has 20 heavy (non-hydrogen) atoms. The average molecular weight is 294 g/mol. The summed E-state index contributed by atoms with van der Waals surface area (Å²) < 4.78 is 0. The number of nitrogens with one attached hydrogen (secondary N) is 2. The first-order valence-electron chi connectivity index (χ1n) is 7.80. The first kappa shape index (κ1) is 15.3. The van der Waals surface area contributed by atoms with Crippen molar-refractivity contribution in [2.45, 2.75) is 58.4 Å². The van der Waals surface area contributed by atoms with Crippen molar-refractivity contribution >= 4 is 17.3 Å². The van der Waals surface area contributed by atoms with E-state index >= 15 is 0 Å². The van der Waals surface area contributed by atoms with Gasteiger partial charge in [-0.2, -0.15) is 0 Å². The van der Waals surface area contributed by atoms with Crippen molar-refractivity contribution in [2.24, 2.45) is 4.99 Å². The molecule has 1 aromatic rings. The van der Waals surface area contributed by atoms with Gasteiger partial charge in [-0.05, 0) is 26.2 Å². The van der Waals surface area contributed by atoms with Gasteiger partial charge in [0.25, 0.3) is 0 Å². The van der Waals surface area contributed by atoms with Gasteiger partial charge in [0.05, 0.1) is 5.01 Å². The summed E-state index contributed by atoms with van der Waals surface area (Å²) in [6.07, 6.45) is 9.24. The Morgan fingerprint density at radius 3 is 2.85 bits per heavy atom. The maximum Gasteiger partial charge on any atom is 0.191 e. The van der Waals surface area contributed by atoms with Crippen LogP contribution in [0, 0.1) is 0 Å². The zero-order valence-electron chi connectivity index (χ0n) is 12.6. The fraction of sp³-hybridized carbons (Fsp3) is 0.733. The minimum Gasteiger partial charge on any atom is -0.357 e. The molecule has 0 aliphatic heterocycles. The van der Waals surface area contributed by atoms with Gasteiger partial charge in [0.1, 0.15) is 0 Å². The normalized spacial score (nSPS) is 16.6. The SMILES string of the molecule is CCNC(=NCCc1ncc(CC)s1)NC1CCCC1. The molecule has 5 heteroatoms. The summed E-state index contributed by atoms with van der Waals surface area (Å²) in [5.41, 5.74) is 0. The Hall–Kier alpha value is -1.10. The standard InChI is InChI=1S/C15H26N4S/c1-3-13-11-18-14(20-13)9-10-17-15(16-4-2)19-12-7-5-6-8-12/h11-12H,3-10H2,1-2H3,(H2,16,17,19). The highest BCUT2D eigenvalue weighted by Crippen LogP contribution is 2.17. The molecular weight excluding hydrogens is 268 g/mol. The summed E-state index contributed by atoms with van der Waals surface area (Å²) in [5.74, 6) is 0.965. The number of thiazole rings is 1. The van der Waals surface area contributed by atoms with Crippen LogP contribution >= 0.6 is 11.3 Å². The average Bonchev–Trinajstić information content (AvgIpc) is 3.10. The molecule has 1 fully saturated rings. The van der Waals surface area contributed by atoms with E-state index in [0.29, 0.717) is 6.04 Å². The molecule has 0 radical (unpaired) electrons. The Kier molecular flexibility index (Phi) is 6.30. The molecule has 1 aliphatic carbocycles. The van der Waals surface area contributed by atoms with Crippen LogP contribution in [0.2, 0.25) is 0 Å². The largest absolute Gasteiger partial charge is 0.357 e. The van der Waals surface area contributed by atoms with E-state index in [9.17, 15) is 0 Å². The van der Waals surface area contributed by atoms with Crippen molar-refractivity contribution in [1.29, 1.82) is 0 Å². The van der Waals surface area contributed by atoms with Gasteiger partial charge in [-0.25, -0.2) is 4.98 Å². The summed E-state index contributed by atoms with van der Waals surface area (Å²) in [6.45, 7) is 6.00. The Balaban J connectivity index is 1.81. The van der Waals surface area contributed by atoms with Crippen molar-refractivity contribution in [1.82, 2.24) is 15.6 Å². The van der Waals surface area contributed by atoms with Gasteiger partial charge in [-0.3, -0.25) is 4.99 Å². The van der Waals surface area contributed by atoms with Crippen molar-refractivity contribution in [3.63, 3.8) is 0 Å². The minimum absolute atomic E-state index is 0.611. The first-order valence-corrected chi connectivity index (χ1v) is 8.62. The molecule has 2 N–H and O–H groups in total. The zero-order valence-corrected chi connectivity index (χ0v) is 13.4. The van der Waals surface area contributed by atoms with E-state index in [1.54, 1.807) is 0 Å². The van der Waals surface area contributed by atoms with Crippen molar-refractivity contribution in [3.8, 4) is 0 Å². The molecule has 0 amide bonds. The highest BCUT2D eigenvalue weighted by atomic mass is 32.1. The second-order valence-corrected chi connectivity index (χ2v) is 6.41. The second-order valence-electron chi connectivity index (χ2n) is 5.21. The van der Waals surface area contributed by atoms with Crippen molar-refractivity contribution in [2.75, 3.05) is 13.1 Å². The van der Waals surface area contributed by atoms with E-state index in [0.717, 1.165) is 31.9 Å². The van der Waals surface area contributed by atoms with Gasteiger partial charge >= 0.3 is 0 Å². The van der Waals surface area contributed by atoms with Crippen LogP contribution in [0.5, 0.6) is 0 Å². The number of aryl methyl sites for hydroxylation is 1. The van der Waals surface area contributed by atoms with E-state index in [-0.39, 0.29) is 0 Å². The quantitative estimate of drug-likeness (QED) is 0.626. The molecule has 1 aliphatic rings. The number of rotatable bonds is 6. The third kappa shape index (κ3) is 4.78. The van der Waals surface area contributed by atoms with Crippen LogP contribution in [-0.2, 0) is 12.8 Å². The molecule has 1 saturated carbocycles. The molecule has 0 atom stereocenters. The van der Waals surface area contributed by atoms with Gasteiger partial charge < -0.3 is 10.6 Å². The Morgan fingerprint density at radius 1 is 1.40 bits per heavy atom. The highest BCUT2D eigenvalue weighted by Gasteiger charge is 2.15. The number of aromatic nitrogens is 1. The number of aliphatic imine (C=N–C) groups is 1. The van der Waals surface area contributed by atoms with E-state index < -0.39 is 0 Å². The predicted molar refractivity (Wildman–Crippen MR) is 86.6 cm³/mol. The third-order valence-electron chi connectivity index (χ3n) is 3.59. The van der Waals surface area contributed by atoms with Crippen LogP contribution in [0.15, 0.2) is 11.2 Å². The molecule has 0 unspecified atom stereocenters. The number of nitrogens with zero attached hydrogens (tertiary/aromatic N) is 2. The summed E-state index contributed by atoms with van der Waals surface area (Å²) in [4.78, 5) is 10.5. The summed E-state index contributed by atoms with van der Waals surface area (Å²) in [6, 6.07) is 0.611. The van der Waals surface area contributed by atoms with E-state index in [1.165, 1.54) is 35.6 Å². The predicted octanol–water partition coefficient (Wildman–Crippen LogP) is 2.75. The van der Waals surface area contributed by atoms with Crippen molar-refractivity contribution in [3.05, 3.63) is 16.1 Å². The number of guanidine groups is 1. The topological polar surface area (TPSA) is 49.3 Å². The molecule has 0 saturated heterocycles. The van der Waals surface area contributed by atoms with Gasteiger partial charge in [0.15, 0.2) is 5.96 Å². The van der Waals surface area contributed by atoms with Crippen molar-refractivity contribution < 1.29 is 0 Å². The summed E-state index contributed by atoms with van der Waals surface area (Å²) in [7, 11) is 0. The van der Waals surface area contributed by atoms with E-state index in [2.05, 4.69) is 34.5 Å². The van der Waals surface area contributed by atoms with Crippen LogP contribution in [0.3, 0.4) is 0 Å². The number of hydrogen-bond acceptors (Lipinski definition) is 3. The first-order chi connectivity index (χ1) is 9.81. The van der Waals surface area contributed by atoms with Crippen LogP contribution in [0.25, 0.3) is 0 Å². The van der Waals surface area contributed by atoms with Crippen LogP contribution in [-0.4, -0.2) is 30.1 Å². The van der Waals surface area contributed by atoms with Gasteiger partial charge in [0, 0.05) is 36.6 Å². The Morgan fingerprint density at radius 2 is 2.20 bits per heavy atom. The smallest absolute Gasteiger partial charge is 0.191 e. The van der Waals surface area contributed by atoms with Gasteiger partial charge in [0.2, 0.25) is 0 Å². The fourth-order valence-corrected chi connectivity index (χ4v) is 3.33. The highest BCUT2D eigenvalue weighted by molar-refractivity contribution is 7.11. The molecule has 0 bridgehead atoms. The molecule has 4 nitrogen and oxygen atoms in total. The minimum atomic E-state index is 0.611. The lowest BCUT2D eigenvalue weighted by Crippen LogP contribution is -2.42. The molecule has 1 heterocycles. The van der Waals surface area contributed by atoms with E-state index in [4.69, 9.17) is 0 Å². The maximum absolute atomic E-state index is 4.67. The van der Waals surface area contributed by atoms with Crippen LogP contribution in [0.4, 0.5) is 0 Å². The molecule has 1 aromatic heterocycles. The van der Waals surface area contributed by atoms with E-state index in [1.807, 2.05) is 17.5 Å². The molecule has 0 spiro atoms. The molecule has 0 aromatic carbocycles. The number of hydrogen-bond donors (Lipinski definition) is 2. The van der Waals surface area contributed by atoms with Crippen LogP contribution in [0.1, 0.15) is 49.4 Å². The third-order valence-corrected chi connectivity index (χ3v) is 4.79. The van der Waals surface area contributed by atoms with Gasteiger partial charge in [-0.15, -0.1) is 11.3 Å². The lowest BCUT2D eigenvalue weighted by atomic mass is 10.2. The molecular formula is C15H26N4S. The summed E-state index contributed by atoms with van der Waals surface area (Å²) in [5, 5.41) is 8.07. The molecule has 112 valence electrons. The monoisotopic (exact) mass is 294 g/mol. The lowest BCUT2D eigenvalue weighted by molar-refractivity contribution is 0.614. The second kappa shape index (κ2) is 8.25. The molecule has 2 rings (SSSR count). The Labute approximate surface area is 126 Å². The zero-order chi connectivity index (χ0) is 14.2. The van der Waals surface area contributed by atoms with Crippen LogP contribution < -0.4 is 10.6 Å². The van der Waals surface area contributed by atoms with Gasteiger partial charge in [-0.1, -0.05) is 19.8 Å². The fourth-order valence-electron chi connectivity index (χ4n) is 2.47.